The minimum absolute atomic E-state index is 0.0279. The number of nitrogens with zero attached hydrogens (tertiary/aromatic N) is 3. The van der Waals surface area contributed by atoms with Crippen molar-refractivity contribution in [1.29, 1.82) is 0 Å². The molecule has 1 unspecified atom stereocenters. The van der Waals surface area contributed by atoms with Crippen molar-refractivity contribution in [2.75, 3.05) is 46.3 Å². The predicted octanol–water partition coefficient (Wildman–Crippen LogP) is 2.38. The number of aliphatic imine (C=N–C) groups is 1. The molecule has 162 valence electrons. The van der Waals surface area contributed by atoms with Crippen molar-refractivity contribution < 1.29 is 13.6 Å². The fourth-order valence-electron chi connectivity index (χ4n) is 3.59. The van der Waals surface area contributed by atoms with E-state index in [0.717, 1.165) is 44.6 Å². The van der Waals surface area contributed by atoms with Crippen molar-refractivity contribution in [3.05, 3.63) is 35.4 Å². The molecule has 0 saturated carbocycles. The molecule has 1 heterocycles. The molecule has 29 heavy (non-hydrogen) atoms. The summed E-state index contributed by atoms with van der Waals surface area (Å²) in [4.78, 5) is 20.3. The molecule has 1 fully saturated rings. The monoisotopic (exact) mass is 409 g/mol. The summed E-state index contributed by atoms with van der Waals surface area (Å²) < 4.78 is 27.5. The molecule has 8 heteroatoms. The van der Waals surface area contributed by atoms with Gasteiger partial charge in [-0.15, -0.1) is 0 Å². The zero-order valence-electron chi connectivity index (χ0n) is 17.8. The molecular weight excluding hydrogens is 376 g/mol. The Labute approximate surface area is 172 Å². The first-order valence-electron chi connectivity index (χ1n) is 10.3. The molecule has 0 bridgehead atoms. The SMILES string of the molecule is CCC(c1ccc(F)cc1F)N1CCN(C(=NC)NCCNC(=O)C(C)C)CC1. The van der Waals surface area contributed by atoms with Crippen molar-refractivity contribution in [1.82, 2.24) is 20.4 Å². The van der Waals surface area contributed by atoms with Gasteiger partial charge in [-0.2, -0.15) is 0 Å². The molecule has 1 aromatic rings. The zero-order valence-corrected chi connectivity index (χ0v) is 17.8. The molecule has 0 radical (unpaired) electrons. The van der Waals surface area contributed by atoms with Crippen molar-refractivity contribution in [3.8, 4) is 0 Å². The summed E-state index contributed by atoms with van der Waals surface area (Å²) in [6, 6.07) is 3.76. The summed E-state index contributed by atoms with van der Waals surface area (Å²) in [7, 11) is 1.74. The largest absolute Gasteiger partial charge is 0.354 e. The van der Waals surface area contributed by atoms with E-state index in [1.165, 1.54) is 6.07 Å². The number of rotatable bonds is 7. The van der Waals surface area contributed by atoms with E-state index in [4.69, 9.17) is 0 Å². The Kier molecular flexibility index (Phi) is 8.82. The van der Waals surface area contributed by atoms with Gasteiger partial charge in [-0.05, 0) is 12.5 Å². The minimum Gasteiger partial charge on any atom is -0.354 e. The van der Waals surface area contributed by atoms with Crippen LogP contribution in [-0.4, -0.2) is 68.0 Å². The average molecular weight is 410 g/mol. The van der Waals surface area contributed by atoms with E-state index in [1.54, 1.807) is 13.1 Å². The molecular formula is C21H33F2N5O. The molecule has 1 atom stereocenters. The van der Waals surface area contributed by atoms with E-state index in [-0.39, 0.29) is 17.9 Å². The van der Waals surface area contributed by atoms with Gasteiger partial charge in [-0.3, -0.25) is 14.7 Å². The third kappa shape index (κ3) is 6.39. The van der Waals surface area contributed by atoms with Crippen molar-refractivity contribution in [2.45, 2.75) is 33.2 Å². The topological polar surface area (TPSA) is 60.0 Å². The maximum atomic E-state index is 14.2. The van der Waals surface area contributed by atoms with E-state index in [2.05, 4.69) is 25.4 Å². The molecule has 1 saturated heterocycles. The van der Waals surface area contributed by atoms with Crippen LogP contribution < -0.4 is 10.6 Å². The molecule has 0 aliphatic carbocycles. The number of guanidine groups is 1. The Balaban J connectivity index is 1.87. The molecule has 1 aliphatic heterocycles. The maximum Gasteiger partial charge on any atom is 0.222 e. The number of carbonyl (C=O) groups is 1. The van der Waals surface area contributed by atoms with Gasteiger partial charge in [0.2, 0.25) is 5.91 Å². The highest BCUT2D eigenvalue weighted by atomic mass is 19.1. The second-order valence-electron chi connectivity index (χ2n) is 7.53. The maximum absolute atomic E-state index is 14.2. The van der Waals surface area contributed by atoms with Gasteiger partial charge in [0, 0.05) is 69.9 Å². The van der Waals surface area contributed by atoms with Crippen LogP contribution in [0.15, 0.2) is 23.2 Å². The number of benzene rings is 1. The molecule has 2 rings (SSSR count). The van der Waals surface area contributed by atoms with Gasteiger partial charge in [-0.1, -0.05) is 26.8 Å². The number of carbonyl (C=O) groups excluding carboxylic acids is 1. The van der Waals surface area contributed by atoms with Crippen LogP contribution in [0.2, 0.25) is 0 Å². The summed E-state index contributed by atoms with van der Waals surface area (Å²) in [6.45, 7) is 9.94. The van der Waals surface area contributed by atoms with Gasteiger partial charge in [-0.25, -0.2) is 8.78 Å². The third-order valence-electron chi connectivity index (χ3n) is 5.21. The Morgan fingerprint density at radius 3 is 2.34 bits per heavy atom. The summed E-state index contributed by atoms with van der Waals surface area (Å²) in [5, 5.41) is 6.16. The van der Waals surface area contributed by atoms with Crippen LogP contribution in [0.4, 0.5) is 8.78 Å². The lowest BCUT2D eigenvalue weighted by Crippen LogP contribution is -2.53. The molecule has 0 spiro atoms. The number of hydrogen-bond acceptors (Lipinski definition) is 3. The van der Waals surface area contributed by atoms with Crippen LogP contribution >= 0.6 is 0 Å². The lowest BCUT2D eigenvalue weighted by molar-refractivity contribution is -0.123. The normalized spacial score (nSPS) is 16.8. The van der Waals surface area contributed by atoms with Crippen LogP contribution in [0.1, 0.15) is 38.8 Å². The smallest absolute Gasteiger partial charge is 0.222 e. The van der Waals surface area contributed by atoms with Gasteiger partial charge >= 0.3 is 0 Å². The predicted molar refractivity (Wildman–Crippen MR) is 112 cm³/mol. The number of hydrogen-bond donors (Lipinski definition) is 2. The second kappa shape index (κ2) is 11.1. The van der Waals surface area contributed by atoms with Gasteiger partial charge in [0.1, 0.15) is 11.6 Å². The van der Waals surface area contributed by atoms with Crippen LogP contribution in [0.25, 0.3) is 0 Å². The van der Waals surface area contributed by atoms with Crippen LogP contribution in [0.3, 0.4) is 0 Å². The lowest BCUT2D eigenvalue weighted by atomic mass is 10.0. The van der Waals surface area contributed by atoms with Crippen LogP contribution in [0, 0.1) is 17.6 Å². The first-order chi connectivity index (χ1) is 13.9. The third-order valence-corrected chi connectivity index (χ3v) is 5.21. The summed E-state index contributed by atoms with van der Waals surface area (Å²) in [5.41, 5.74) is 0.547. The molecule has 1 amide bonds. The van der Waals surface area contributed by atoms with Crippen molar-refractivity contribution >= 4 is 11.9 Å². The Hall–Kier alpha value is -2.22. The van der Waals surface area contributed by atoms with E-state index in [0.29, 0.717) is 18.7 Å². The van der Waals surface area contributed by atoms with Crippen LogP contribution in [0.5, 0.6) is 0 Å². The highest BCUT2D eigenvalue weighted by Crippen LogP contribution is 2.28. The number of amides is 1. The highest BCUT2D eigenvalue weighted by Gasteiger charge is 2.27. The fourth-order valence-corrected chi connectivity index (χ4v) is 3.59. The summed E-state index contributed by atoms with van der Waals surface area (Å²) in [6.07, 6.45) is 0.755. The van der Waals surface area contributed by atoms with Gasteiger partial charge in [0.15, 0.2) is 5.96 Å². The first-order valence-corrected chi connectivity index (χ1v) is 10.3. The zero-order chi connectivity index (χ0) is 21.4. The highest BCUT2D eigenvalue weighted by molar-refractivity contribution is 5.80. The fraction of sp³-hybridized carbons (Fsp3) is 0.619. The Morgan fingerprint density at radius 1 is 1.14 bits per heavy atom. The number of nitrogens with one attached hydrogen (secondary N) is 2. The molecule has 1 aliphatic rings. The second-order valence-corrected chi connectivity index (χ2v) is 7.53. The molecule has 2 N–H and O–H groups in total. The quantitative estimate of drug-likeness (QED) is 0.412. The van der Waals surface area contributed by atoms with Crippen molar-refractivity contribution in [3.63, 3.8) is 0 Å². The minimum atomic E-state index is -0.551. The Bertz CT molecular complexity index is 702. The van der Waals surface area contributed by atoms with E-state index in [9.17, 15) is 13.6 Å². The van der Waals surface area contributed by atoms with Crippen LogP contribution in [-0.2, 0) is 4.79 Å². The van der Waals surface area contributed by atoms with Gasteiger partial charge < -0.3 is 15.5 Å². The molecule has 6 nitrogen and oxygen atoms in total. The number of piperazine rings is 1. The summed E-state index contributed by atoms with van der Waals surface area (Å²) >= 11 is 0. The Morgan fingerprint density at radius 2 is 1.79 bits per heavy atom. The molecule has 1 aromatic carbocycles. The average Bonchev–Trinajstić information content (AvgIpc) is 2.70. The van der Waals surface area contributed by atoms with E-state index in [1.807, 2.05) is 20.8 Å². The van der Waals surface area contributed by atoms with Gasteiger partial charge in [0.25, 0.3) is 0 Å². The number of halogens is 2. The first kappa shape index (κ1) is 23.1. The lowest BCUT2D eigenvalue weighted by Gasteiger charge is -2.40. The van der Waals surface area contributed by atoms with E-state index < -0.39 is 11.6 Å². The summed E-state index contributed by atoms with van der Waals surface area (Å²) in [5.74, 6) is -0.232. The van der Waals surface area contributed by atoms with E-state index >= 15 is 0 Å². The van der Waals surface area contributed by atoms with Crippen molar-refractivity contribution in [2.24, 2.45) is 10.9 Å². The standard InChI is InChI=1S/C21H33F2N5O/c1-5-19(17-7-6-16(22)14-18(17)23)27-10-12-28(13-11-27)21(24-4)26-9-8-25-20(29)15(2)3/h6-7,14-15,19H,5,8-13H2,1-4H3,(H,24,26)(H,25,29). The molecule has 0 aromatic heterocycles. The van der Waals surface area contributed by atoms with Gasteiger partial charge in [0.05, 0.1) is 0 Å².